The van der Waals surface area contributed by atoms with Crippen LogP contribution in [0.4, 0.5) is 5.13 Å². The standard InChI is InChI=1S/C15H15N3S/c1-9-14(18-15(19-9)17-10-6-7-10)12-8-16-13-5-3-2-4-11(12)13/h2-5,8,10,16H,6-7H2,1H3,(H,17,18). The Morgan fingerprint density at radius 2 is 2.16 bits per heavy atom. The molecule has 2 aromatic heterocycles. The molecule has 1 aliphatic rings. The molecule has 1 aliphatic carbocycles. The van der Waals surface area contributed by atoms with E-state index in [9.17, 15) is 0 Å². The van der Waals surface area contributed by atoms with Crippen LogP contribution in [0.25, 0.3) is 22.2 Å². The summed E-state index contributed by atoms with van der Waals surface area (Å²) in [4.78, 5) is 9.36. The van der Waals surface area contributed by atoms with Crippen LogP contribution in [-0.4, -0.2) is 16.0 Å². The number of para-hydroxylation sites is 1. The number of hydrogen-bond donors (Lipinski definition) is 2. The molecule has 3 aromatic rings. The molecule has 0 unspecified atom stereocenters. The molecule has 2 N–H and O–H groups in total. The quantitative estimate of drug-likeness (QED) is 0.749. The molecule has 96 valence electrons. The number of hydrogen-bond acceptors (Lipinski definition) is 3. The third kappa shape index (κ3) is 1.92. The SMILES string of the molecule is Cc1sc(NC2CC2)nc1-c1c[nH]c2ccccc12. The summed E-state index contributed by atoms with van der Waals surface area (Å²) in [5.74, 6) is 0. The van der Waals surface area contributed by atoms with Gasteiger partial charge in [0.1, 0.15) is 0 Å². The first kappa shape index (κ1) is 11.1. The number of aromatic amines is 1. The van der Waals surface area contributed by atoms with Gasteiger partial charge in [-0.3, -0.25) is 0 Å². The molecule has 4 heteroatoms. The van der Waals surface area contributed by atoms with Gasteiger partial charge in [-0.1, -0.05) is 18.2 Å². The molecule has 2 heterocycles. The van der Waals surface area contributed by atoms with Crippen molar-refractivity contribution >= 4 is 27.4 Å². The predicted molar refractivity (Wildman–Crippen MR) is 80.8 cm³/mol. The van der Waals surface area contributed by atoms with E-state index in [0.717, 1.165) is 10.8 Å². The average Bonchev–Trinajstić information content (AvgIpc) is 3.00. The van der Waals surface area contributed by atoms with Crippen LogP contribution >= 0.6 is 11.3 Å². The van der Waals surface area contributed by atoms with Gasteiger partial charge in [0.15, 0.2) is 5.13 Å². The highest BCUT2D eigenvalue weighted by atomic mass is 32.1. The van der Waals surface area contributed by atoms with Crippen LogP contribution in [0.5, 0.6) is 0 Å². The van der Waals surface area contributed by atoms with Crippen LogP contribution in [0.3, 0.4) is 0 Å². The van der Waals surface area contributed by atoms with Crippen molar-refractivity contribution in [2.75, 3.05) is 5.32 Å². The molecule has 0 spiro atoms. The number of thiazole rings is 1. The Kier molecular flexibility index (Phi) is 2.38. The molecule has 19 heavy (non-hydrogen) atoms. The number of H-pyrrole nitrogens is 1. The van der Waals surface area contributed by atoms with Crippen LogP contribution in [0.15, 0.2) is 30.5 Å². The molecule has 4 rings (SSSR count). The zero-order valence-electron chi connectivity index (χ0n) is 10.7. The first-order valence-electron chi connectivity index (χ1n) is 6.62. The van der Waals surface area contributed by atoms with Gasteiger partial charge in [-0.2, -0.15) is 0 Å². The van der Waals surface area contributed by atoms with Crippen LogP contribution in [0.1, 0.15) is 17.7 Å². The Bertz CT molecular complexity index is 737. The second-order valence-corrected chi connectivity index (χ2v) is 6.29. The van der Waals surface area contributed by atoms with Crippen molar-refractivity contribution in [1.29, 1.82) is 0 Å². The molecule has 0 atom stereocenters. The van der Waals surface area contributed by atoms with E-state index in [-0.39, 0.29) is 0 Å². The van der Waals surface area contributed by atoms with Crippen molar-refractivity contribution in [2.45, 2.75) is 25.8 Å². The number of fused-ring (bicyclic) bond motifs is 1. The summed E-state index contributed by atoms with van der Waals surface area (Å²) in [5.41, 5.74) is 3.47. The smallest absolute Gasteiger partial charge is 0.183 e. The first-order valence-corrected chi connectivity index (χ1v) is 7.43. The van der Waals surface area contributed by atoms with Crippen LogP contribution in [0, 0.1) is 6.92 Å². The molecule has 0 radical (unpaired) electrons. The largest absolute Gasteiger partial charge is 0.360 e. The third-order valence-corrected chi connectivity index (χ3v) is 4.45. The van der Waals surface area contributed by atoms with E-state index < -0.39 is 0 Å². The Balaban J connectivity index is 1.80. The minimum atomic E-state index is 0.654. The van der Waals surface area contributed by atoms with Gasteiger partial charge in [0, 0.05) is 33.6 Å². The lowest BCUT2D eigenvalue weighted by Gasteiger charge is -1.97. The van der Waals surface area contributed by atoms with Gasteiger partial charge in [-0.15, -0.1) is 11.3 Å². The fourth-order valence-electron chi connectivity index (χ4n) is 2.38. The van der Waals surface area contributed by atoms with Gasteiger partial charge >= 0.3 is 0 Å². The van der Waals surface area contributed by atoms with Crippen LogP contribution in [-0.2, 0) is 0 Å². The fourth-order valence-corrected chi connectivity index (χ4v) is 3.28. The summed E-state index contributed by atoms with van der Waals surface area (Å²) in [6.07, 6.45) is 4.62. The number of aromatic nitrogens is 2. The van der Waals surface area contributed by atoms with Gasteiger partial charge < -0.3 is 10.3 Å². The predicted octanol–water partition coefficient (Wildman–Crippen LogP) is 4.17. The molecule has 0 saturated heterocycles. The first-order chi connectivity index (χ1) is 9.31. The van der Waals surface area contributed by atoms with Crippen LogP contribution < -0.4 is 5.32 Å². The van der Waals surface area contributed by atoms with Crippen molar-refractivity contribution < 1.29 is 0 Å². The van der Waals surface area contributed by atoms with E-state index >= 15 is 0 Å². The number of nitrogens with zero attached hydrogens (tertiary/aromatic N) is 1. The number of benzene rings is 1. The summed E-state index contributed by atoms with van der Waals surface area (Å²) in [7, 11) is 0. The van der Waals surface area contributed by atoms with E-state index in [1.807, 2.05) is 0 Å². The number of anilines is 1. The summed E-state index contributed by atoms with van der Waals surface area (Å²) < 4.78 is 0. The highest BCUT2D eigenvalue weighted by Crippen LogP contribution is 2.36. The molecular weight excluding hydrogens is 254 g/mol. The molecule has 0 bridgehead atoms. The Morgan fingerprint density at radius 1 is 1.32 bits per heavy atom. The normalized spacial score (nSPS) is 15.0. The lowest BCUT2D eigenvalue weighted by molar-refractivity contribution is 1.14. The molecule has 3 nitrogen and oxygen atoms in total. The van der Waals surface area contributed by atoms with Crippen molar-refractivity contribution in [2.24, 2.45) is 0 Å². The summed E-state index contributed by atoms with van der Waals surface area (Å²) in [6, 6.07) is 9.03. The summed E-state index contributed by atoms with van der Waals surface area (Å²) >= 11 is 1.75. The molecule has 0 aliphatic heterocycles. The van der Waals surface area contributed by atoms with Crippen molar-refractivity contribution in [3.63, 3.8) is 0 Å². The van der Waals surface area contributed by atoms with Crippen LogP contribution in [0.2, 0.25) is 0 Å². The maximum Gasteiger partial charge on any atom is 0.183 e. The van der Waals surface area contributed by atoms with Crippen molar-refractivity contribution in [3.05, 3.63) is 35.3 Å². The molecule has 1 saturated carbocycles. The zero-order chi connectivity index (χ0) is 12.8. The number of aryl methyl sites for hydroxylation is 1. The highest BCUT2D eigenvalue weighted by molar-refractivity contribution is 7.16. The van der Waals surface area contributed by atoms with Gasteiger partial charge in [0.05, 0.1) is 5.69 Å². The minimum absolute atomic E-state index is 0.654. The van der Waals surface area contributed by atoms with E-state index in [1.54, 1.807) is 11.3 Å². The van der Waals surface area contributed by atoms with Crippen molar-refractivity contribution in [1.82, 2.24) is 9.97 Å². The maximum absolute atomic E-state index is 4.77. The third-order valence-electron chi connectivity index (χ3n) is 3.55. The minimum Gasteiger partial charge on any atom is -0.360 e. The fraction of sp³-hybridized carbons (Fsp3) is 0.267. The summed E-state index contributed by atoms with van der Waals surface area (Å²) in [5, 5.41) is 5.78. The number of nitrogens with one attached hydrogen (secondary N) is 2. The second kappa shape index (κ2) is 4.10. The van der Waals surface area contributed by atoms with E-state index in [2.05, 4.69) is 47.7 Å². The van der Waals surface area contributed by atoms with E-state index in [0.29, 0.717) is 6.04 Å². The zero-order valence-corrected chi connectivity index (χ0v) is 11.6. The maximum atomic E-state index is 4.77. The van der Waals surface area contributed by atoms with E-state index in [4.69, 9.17) is 4.98 Å². The topological polar surface area (TPSA) is 40.7 Å². The Morgan fingerprint density at radius 3 is 3.00 bits per heavy atom. The van der Waals surface area contributed by atoms with Crippen molar-refractivity contribution in [3.8, 4) is 11.3 Å². The lowest BCUT2D eigenvalue weighted by atomic mass is 10.1. The second-order valence-electron chi connectivity index (χ2n) is 5.09. The Labute approximate surface area is 115 Å². The Hall–Kier alpha value is -1.81. The van der Waals surface area contributed by atoms with E-state index in [1.165, 1.54) is 34.2 Å². The molecular formula is C15H15N3S. The molecule has 0 amide bonds. The molecule has 1 aromatic carbocycles. The van der Waals surface area contributed by atoms with Gasteiger partial charge in [-0.25, -0.2) is 4.98 Å². The van der Waals surface area contributed by atoms with Gasteiger partial charge in [0.2, 0.25) is 0 Å². The van der Waals surface area contributed by atoms with Gasteiger partial charge in [0.25, 0.3) is 0 Å². The number of rotatable bonds is 3. The summed E-state index contributed by atoms with van der Waals surface area (Å²) in [6.45, 7) is 2.15. The highest BCUT2D eigenvalue weighted by Gasteiger charge is 2.23. The van der Waals surface area contributed by atoms with Gasteiger partial charge in [-0.05, 0) is 25.8 Å². The average molecular weight is 269 g/mol. The lowest BCUT2D eigenvalue weighted by Crippen LogP contribution is -1.99. The monoisotopic (exact) mass is 269 g/mol. The molecule has 1 fully saturated rings.